The van der Waals surface area contributed by atoms with E-state index in [2.05, 4.69) is 25.9 Å². The van der Waals surface area contributed by atoms with Crippen LogP contribution in [0.15, 0.2) is 12.4 Å². The number of carbonyl (C=O) groups excluding carboxylic acids is 1. The molecule has 1 saturated carbocycles. The molecule has 3 heterocycles. The SMILES string of the molecule is Cn1nc(C(F)F)cc1Nc1nncn1[C@H]1CCc2sc(N)c(C(=O)NCC3CC3)c2C1. The predicted molar refractivity (Wildman–Crippen MR) is 116 cm³/mol. The summed E-state index contributed by atoms with van der Waals surface area (Å²) in [6.07, 6.45) is 3.54. The minimum atomic E-state index is -2.65. The van der Waals surface area contributed by atoms with Gasteiger partial charge in [-0.15, -0.1) is 21.5 Å². The number of thiophene rings is 1. The van der Waals surface area contributed by atoms with Gasteiger partial charge in [-0.05, 0) is 43.6 Å². The Morgan fingerprint density at radius 2 is 2.19 bits per heavy atom. The number of aryl methyl sites for hydroxylation is 2. The Kier molecular flexibility index (Phi) is 5.31. The highest BCUT2D eigenvalue weighted by molar-refractivity contribution is 7.16. The molecule has 0 unspecified atom stereocenters. The van der Waals surface area contributed by atoms with Crippen LogP contribution in [0.4, 0.5) is 25.5 Å². The summed E-state index contributed by atoms with van der Waals surface area (Å²) in [5.41, 5.74) is 7.49. The van der Waals surface area contributed by atoms with Crippen molar-refractivity contribution in [1.82, 2.24) is 29.9 Å². The lowest BCUT2D eigenvalue weighted by atomic mass is 9.91. The zero-order valence-corrected chi connectivity index (χ0v) is 18.3. The molecule has 0 aromatic carbocycles. The van der Waals surface area contributed by atoms with Crippen LogP contribution in [0.25, 0.3) is 0 Å². The number of nitrogens with one attached hydrogen (secondary N) is 2. The van der Waals surface area contributed by atoms with Gasteiger partial charge in [0, 0.05) is 30.6 Å². The minimum absolute atomic E-state index is 0.00628. The number of halogens is 2. The number of carbonyl (C=O) groups is 1. The van der Waals surface area contributed by atoms with E-state index < -0.39 is 6.43 Å². The van der Waals surface area contributed by atoms with Crippen molar-refractivity contribution >= 4 is 34.0 Å². The molecule has 0 bridgehead atoms. The summed E-state index contributed by atoms with van der Waals surface area (Å²) in [6.45, 7) is 0.692. The lowest BCUT2D eigenvalue weighted by Crippen LogP contribution is -2.28. The molecule has 2 aliphatic carbocycles. The molecule has 12 heteroatoms. The second-order valence-corrected chi connectivity index (χ2v) is 9.50. The van der Waals surface area contributed by atoms with Crippen LogP contribution in [0.1, 0.15) is 58.2 Å². The zero-order valence-electron chi connectivity index (χ0n) is 17.5. The normalized spacial score (nSPS) is 18.1. The number of nitrogens with zero attached hydrogens (tertiary/aromatic N) is 5. The molecule has 0 radical (unpaired) electrons. The van der Waals surface area contributed by atoms with Crippen molar-refractivity contribution < 1.29 is 13.6 Å². The van der Waals surface area contributed by atoms with Crippen molar-refractivity contribution in [3.05, 3.63) is 34.1 Å². The third-order valence-electron chi connectivity index (χ3n) is 6.07. The lowest BCUT2D eigenvalue weighted by Gasteiger charge is -2.25. The third kappa shape index (κ3) is 3.94. The minimum Gasteiger partial charge on any atom is -0.390 e. The maximum Gasteiger partial charge on any atom is 0.282 e. The number of alkyl halides is 2. The van der Waals surface area contributed by atoms with E-state index in [4.69, 9.17) is 5.73 Å². The Morgan fingerprint density at radius 1 is 1.38 bits per heavy atom. The van der Waals surface area contributed by atoms with E-state index in [-0.39, 0.29) is 17.6 Å². The number of anilines is 3. The Labute approximate surface area is 187 Å². The fourth-order valence-corrected chi connectivity index (χ4v) is 5.26. The maximum absolute atomic E-state index is 13.0. The van der Waals surface area contributed by atoms with E-state index in [0.29, 0.717) is 41.2 Å². The fraction of sp³-hybridized carbons (Fsp3) is 0.500. The first-order chi connectivity index (χ1) is 15.4. The van der Waals surface area contributed by atoms with Crippen LogP contribution in [-0.4, -0.2) is 37.0 Å². The number of rotatable bonds is 7. The van der Waals surface area contributed by atoms with Gasteiger partial charge in [-0.3, -0.25) is 14.0 Å². The van der Waals surface area contributed by atoms with Crippen LogP contribution < -0.4 is 16.4 Å². The van der Waals surface area contributed by atoms with Gasteiger partial charge in [-0.2, -0.15) is 5.10 Å². The number of hydrogen-bond donors (Lipinski definition) is 3. The van der Waals surface area contributed by atoms with Crippen LogP contribution in [0.5, 0.6) is 0 Å². The number of amides is 1. The number of hydrogen-bond acceptors (Lipinski definition) is 7. The van der Waals surface area contributed by atoms with E-state index in [1.54, 1.807) is 13.4 Å². The predicted octanol–water partition coefficient (Wildman–Crippen LogP) is 3.21. The van der Waals surface area contributed by atoms with Crippen LogP contribution in [0, 0.1) is 5.92 Å². The van der Waals surface area contributed by atoms with Gasteiger partial charge < -0.3 is 16.4 Å². The molecule has 32 heavy (non-hydrogen) atoms. The molecule has 3 aromatic rings. The van der Waals surface area contributed by atoms with E-state index in [9.17, 15) is 13.6 Å². The molecular weight excluding hydrogens is 438 g/mol. The first-order valence-electron chi connectivity index (χ1n) is 10.6. The highest BCUT2D eigenvalue weighted by Gasteiger charge is 2.31. The van der Waals surface area contributed by atoms with Crippen LogP contribution in [0.3, 0.4) is 0 Å². The fourth-order valence-electron chi connectivity index (χ4n) is 4.15. The molecule has 0 aliphatic heterocycles. The van der Waals surface area contributed by atoms with Gasteiger partial charge in [0.05, 0.1) is 10.6 Å². The van der Waals surface area contributed by atoms with Crippen molar-refractivity contribution in [2.45, 2.75) is 44.6 Å². The van der Waals surface area contributed by atoms with Crippen molar-refractivity contribution in [3.63, 3.8) is 0 Å². The molecule has 1 fully saturated rings. The van der Waals surface area contributed by atoms with Crippen LogP contribution >= 0.6 is 11.3 Å². The molecule has 0 spiro atoms. The summed E-state index contributed by atoms with van der Waals surface area (Å²) >= 11 is 1.49. The highest BCUT2D eigenvalue weighted by atomic mass is 32.1. The zero-order chi connectivity index (χ0) is 22.4. The Bertz CT molecular complexity index is 1150. The molecule has 4 N–H and O–H groups in total. The average Bonchev–Trinajstić information content (AvgIpc) is 3.19. The number of aromatic nitrogens is 5. The Hall–Kier alpha value is -3.02. The summed E-state index contributed by atoms with van der Waals surface area (Å²) in [5.74, 6) is 1.31. The van der Waals surface area contributed by atoms with E-state index in [1.165, 1.54) is 34.9 Å². The molecular formula is C20H24F2N8OS. The highest BCUT2D eigenvalue weighted by Crippen LogP contribution is 2.40. The quantitative estimate of drug-likeness (QED) is 0.497. The third-order valence-corrected chi connectivity index (χ3v) is 7.19. The van der Waals surface area contributed by atoms with Gasteiger partial charge >= 0.3 is 0 Å². The topological polar surface area (TPSA) is 116 Å². The van der Waals surface area contributed by atoms with Gasteiger partial charge in [0.15, 0.2) is 0 Å². The maximum atomic E-state index is 13.0. The molecule has 5 rings (SSSR count). The van der Waals surface area contributed by atoms with Crippen LogP contribution in [-0.2, 0) is 19.9 Å². The van der Waals surface area contributed by atoms with Crippen molar-refractivity contribution in [1.29, 1.82) is 0 Å². The summed E-state index contributed by atoms with van der Waals surface area (Å²) in [5, 5.41) is 18.6. The summed E-state index contributed by atoms with van der Waals surface area (Å²) in [7, 11) is 1.59. The standard InChI is InChI=1S/C20H24F2N8OS/c1-29-15(7-13(28-29)17(21)22)26-20-27-25-9-30(20)11-4-5-14-12(6-11)16(18(23)32-14)19(31)24-8-10-2-3-10/h7,9-11,17H,2-6,8,23H2,1H3,(H,24,31)(H,26,27)/t11-/m0/s1. The average molecular weight is 463 g/mol. The smallest absolute Gasteiger partial charge is 0.282 e. The molecule has 1 atom stereocenters. The van der Waals surface area contributed by atoms with Crippen LogP contribution in [0.2, 0.25) is 0 Å². The van der Waals surface area contributed by atoms with Gasteiger partial charge in [0.25, 0.3) is 12.3 Å². The largest absolute Gasteiger partial charge is 0.390 e. The number of fused-ring (bicyclic) bond motifs is 1. The van der Waals surface area contributed by atoms with E-state index in [0.717, 1.165) is 23.3 Å². The van der Waals surface area contributed by atoms with E-state index >= 15 is 0 Å². The van der Waals surface area contributed by atoms with Gasteiger partial charge in [-0.25, -0.2) is 8.78 Å². The Morgan fingerprint density at radius 3 is 2.91 bits per heavy atom. The molecule has 2 aliphatic rings. The first-order valence-corrected chi connectivity index (χ1v) is 11.4. The molecule has 9 nitrogen and oxygen atoms in total. The second-order valence-electron chi connectivity index (χ2n) is 8.36. The van der Waals surface area contributed by atoms with Gasteiger partial charge in [0.2, 0.25) is 5.95 Å². The second kappa shape index (κ2) is 8.15. The summed E-state index contributed by atoms with van der Waals surface area (Å²) < 4.78 is 29.2. The lowest BCUT2D eigenvalue weighted by molar-refractivity contribution is 0.0951. The van der Waals surface area contributed by atoms with E-state index in [1.807, 2.05) is 4.57 Å². The number of nitrogens with two attached hydrogens (primary N) is 1. The van der Waals surface area contributed by atoms with Gasteiger partial charge in [-0.1, -0.05) is 0 Å². The Balaban J connectivity index is 1.36. The van der Waals surface area contributed by atoms with Gasteiger partial charge in [0.1, 0.15) is 17.8 Å². The van der Waals surface area contributed by atoms with Crippen molar-refractivity contribution in [3.8, 4) is 0 Å². The first kappa shape index (κ1) is 20.9. The summed E-state index contributed by atoms with van der Waals surface area (Å²) in [4.78, 5) is 14.0. The summed E-state index contributed by atoms with van der Waals surface area (Å²) in [6, 6.07) is 1.30. The molecule has 3 aromatic heterocycles. The molecule has 0 saturated heterocycles. The number of nitrogen functional groups attached to an aromatic ring is 1. The molecule has 1 amide bonds. The monoisotopic (exact) mass is 462 g/mol. The van der Waals surface area contributed by atoms with Crippen molar-refractivity contribution in [2.24, 2.45) is 13.0 Å². The molecule has 170 valence electrons. The van der Waals surface area contributed by atoms with Crippen molar-refractivity contribution in [2.75, 3.05) is 17.6 Å².